The highest BCUT2D eigenvalue weighted by atomic mass is 35.5. The van der Waals surface area contributed by atoms with E-state index in [0.717, 1.165) is 0 Å². The first kappa shape index (κ1) is 18.4. The van der Waals surface area contributed by atoms with E-state index in [1.165, 1.54) is 7.11 Å². The molecule has 0 aliphatic carbocycles. The van der Waals surface area contributed by atoms with Crippen LogP contribution < -0.4 is 14.8 Å². The highest BCUT2D eigenvalue weighted by Gasteiger charge is 2.19. The fourth-order valence-electron chi connectivity index (χ4n) is 2.20. The molecule has 2 aromatic carbocycles. The van der Waals surface area contributed by atoms with Gasteiger partial charge in [-0.25, -0.2) is 0 Å². The lowest BCUT2D eigenvalue weighted by Gasteiger charge is -2.23. The number of rotatable bonds is 8. The molecule has 0 fully saturated rings. The van der Waals surface area contributed by atoms with Crippen LogP contribution in [0.3, 0.4) is 0 Å². The molecule has 0 amide bonds. The smallest absolute Gasteiger partial charge is 0.176 e. The summed E-state index contributed by atoms with van der Waals surface area (Å²) in [6.07, 6.45) is -1.63. The maximum absolute atomic E-state index is 9.70. The fraction of sp³-hybridized carbons (Fsp3) is 0.294. The standard InChI is InChI=1S/C17H20ClNO5/c1-23-14-8-13(9-15(10-14)24-7-6-20)19-16(17(21)22)11-2-4-12(18)5-3-11/h2-5,8-10,16-17,19-22H,6-7H2,1H3. The van der Waals surface area contributed by atoms with Crippen molar-refractivity contribution in [1.82, 2.24) is 0 Å². The average molecular weight is 354 g/mol. The summed E-state index contributed by atoms with van der Waals surface area (Å²) >= 11 is 5.87. The Kier molecular flexibility index (Phi) is 6.69. The monoisotopic (exact) mass is 353 g/mol. The molecule has 2 aromatic rings. The molecule has 1 unspecified atom stereocenters. The molecular weight excluding hydrogens is 334 g/mol. The molecule has 0 spiro atoms. The first-order valence-electron chi connectivity index (χ1n) is 7.34. The Bertz CT molecular complexity index is 648. The van der Waals surface area contributed by atoms with Crippen LogP contribution in [0.5, 0.6) is 11.5 Å². The Labute approximate surface area is 145 Å². The second kappa shape index (κ2) is 8.75. The van der Waals surface area contributed by atoms with Gasteiger partial charge in [-0.1, -0.05) is 23.7 Å². The van der Waals surface area contributed by atoms with Gasteiger partial charge in [0.05, 0.1) is 13.7 Å². The zero-order valence-corrected chi connectivity index (χ0v) is 13.9. The molecule has 4 N–H and O–H groups in total. The van der Waals surface area contributed by atoms with Gasteiger partial charge in [0, 0.05) is 28.9 Å². The van der Waals surface area contributed by atoms with Crippen LogP contribution in [0.4, 0.5) is 5.69 Å². The van der Waals surface area contributed by atoms with Gasteiger partial charge in [-0.15, -0.1) is 0 Å². The van der Waals surface area contributed by atoms with Crippen LogP contribution in [0, 0.1) is 0 Å². The lowest BCUT2D eigenvalue weighted by molar-refractivity contribution is -0.0539. The van der Waals surface area contributed by atoms with Crippen molar-refractivity contribution < 1.29 is 24.8 Å². The van der Waals surface area contributed by atoms with Crippen LogP contribution in [-0.2, 0) is 0 Å². The number of anilines is 1. The van der Waals surface area contributed by atoms with E-state index in [1.807, 2.05) is 0 Å². The molecule has 0 saturated heterocycles. The van der Waals surface area contributed by atoms with Crippen LogP contribution in [0.15, 0.2) is 42.5 Å². The molecule has 24 heavy (non-hydrogen) atoms. The van der Waals surface area contributed by atoms with Crippen molar-refractivity contribution in [2.24, 2.45) is 0 Å². The molecule has 130 valence electrons. The lowest BCUT2D eigenvalue weighted by atomic mass is 10.1. The molecule has 0 radical (unpaired) electrons. The van der Waals surface area contributed by atoms with Gasteiger partial charge in [0.2, 0.25) is 0 Å². The first-order chi connectivity index (χ1) is 11.5. The Hall–Kier alpha value is -1.99. The zero-order chi connectivity index (χ0) is 17.5. The third-order valence-electron chi connectivity index (χ3n) is 3.33. The molecule has 7 heteroatoms. The number of halogens is 1. The van der Waals surface area contributed by atoms with Crippen LogP contribution in [0.2, 0.25) is 5.02 Å². The summed E-state index contributed by atoms with van der Waals surface area (Å²) in [5.74, 6) is 1.03. The van der Waals surface area contributed by atoms with Crippen molar-refractivity contribution in [3.8, 4) is 11.5 Å². The summed E-state index contributed by atoms with van der Waals surface area (Å²) in [5.41, 5.74) is 1.24. The summed E-state index contributed by atoms with van der Waals surface area (Å²) in [7, 11) is 1.52. The molecular formula is C17H20ClNO5. The normalized spacial score (nSPS) is 12.1. The second-order valence-electron chi connectivity index (χ2n) is 5.06. The number of aliphatic hydroxyl groups is 3. The summed E-state index contributed by atoms with van der Waals surface area (Å²) in [5, 5.41) is 31.9. The Morgan fingerprint density at radius 3 is 2.33 bits per heavy atom. The largest absolute Gasteiger partial charge is 0.497 e. The van der Waals surface area contributed by atoms with Crippen LogP contribution >= 0.6 is 11.6 Å². The van der Waals surface area contributed by atoms with E-state index >= 15 is 0 Å². The highest BCUT2D eigenvalue weighted by molar-refractivity contribution is 6.30. The van der Waals surface area contributed by atoms with Crippen LogP contribution in [0.1, 0.15) is 11.6 Å². The van der Waals surface area contributed by atoms with Gasteiger partial charge in [-0.3, -0.25) is 0 Å². The van der Waals surface area contributed by atoms with E-state index in [-0.39, 0.29) is 13.2 Å². The molecule has 0 aliphatic rings. The molecule has 0 aliphatic heterocycles. The predicted molar refractivity (Wildman–Crippen MR) is 91.6 cm³/mol. The van der Waals surface area contributed by atoms with Gasteiger partial charge >= 0.3 is 0 Å². The van der Waals surface area contributed by atoms with Crippen LogP contribution in [0.25, 0.3) is 0 Å². The van der Waals surface area contributed by atoms with Crippen molar-refractivity contribution in [2.75, 3.05) is 25.6 Å². The first-order valence-corrected chi connectivity index (χ1v) is 7.72. The third kappa shape index (κ3) is 5.01. The SMILES string of the molecule is COc1cc(NC(c2ccc(Cl)cc2)C(O)O)cc(OCCO)c1. The van der Waals surface area contributed by atoms with Gasteiger partial charge in [-0.05, 0) is 17.7 Å². The molecule has 0 heterocycles. The van der Waals surface area contributed by atoms with E-state index in [2.05, 4.69) is 5.32 Å². The van der Waals surface area contributed by atoms with E-state index in [4.69, 9.17) is 26.2 Å². The van der Waals surface area contributed by atoms with E-state index in [0.29, 0.717) is 27.8 Å². The second-order valence-corrected chi connectivity index (χ2v) is 5.49. The summed E-state index contributed by atoms with van der Waals surface area (Å²) < 4.78 is 10.6. The summed E-state index contributed by atoms with van der Waals surface area (Å²) in [6.45, 7) is 0.0402. The van der Waals surface area contributed by atoms with Crippen molar-refractivity contribution in [3.63, 3.8) is 0 Å². The minimum Gasteiger partial charge on any atom is -0.497 e. The maximum Gasteiger partial charge on any atom is 0.176 e. The quantitative estimate of drug-likeness (QED) is 0.544. The minimum atomic E-state index is -1.63. The number of benzene rings is 2. The number of methoxy groups -OCH3 is 1. The zero-order valence-electron chi connectivity index (χ0n) is 13.1. The van der Waals surface area contributed by atoms with E-state index in [9.17, 15) is 10.2 Å². The van der Waals surface area contributed by atoms with Gasteiger partial charge < -0.3 is 30.1 Å². The van der Waals surface area contributed by atoms with E-state index in [1.54, 1.807) is 42.5 Å². The van der Waals surface area contributed by atoms with E-state index < -0.39 is 12.3 Å². The predicted octanol–water partition coefficient (Wildman–Crippen LogP) is 2.18. The maximum atomic E-state index is 9.70. The average Bonchev–Trinajstić information content (AvgIpc) is 2.58. The molecule has 6 nitrogen and oxygen atoms in total. The number of hydrogen-bond donors (Lipinski definition) is 4. The molecule has 0 bridgehead atoms. The Morgan fingerprint density at radius 1 is 1.08 bits per heavy atom. The highest BCUT2D eigenvalue weighted by Crippen LogP contribution is 2.30. The van der Waals surface area contributed by atoms with Gasteiger partial charge in [0.25, 0.3) is 0 Å². The third-order valence-corrected chi connectivity index (χ3v) is 3.58. The van der Waals surface area contributed by atoms with Gasteiger partial charge in [-0.2, -0.15) is 0 Å². The van der Waals surface area contributed by atoms with Crippen LogP contribution in [-0.4, -0.2) is 41.9 Å². The summed E-state index contributed by atoms with van der Waals surface area (Å²) in [4.78, 5) is 0. The topological polar surface area (TPSA) is 91.2 Å². The number of aliphatic hydroxyl groups excluding tert-OH is 2. The van der Waals surface area contributed by atoms with Crippen molar-refractivity contribution in [1.29, 1.82) is 0 Å². The molecule has 1 atom stereocenters. The molecule has 0 saturated carbocycles. The van der Waals surface area contributed by atoms with Crippen molar-refractivity contribution in [2.45, 2.75) is 12.3 Å². The van der Waals surface area contributed by atoms with Gasteiger partial charge in [0.15, 0.2) is 6.29 Å². The number of ether oxygens (including phenoxy) is 2. The molecule has 0 aromatic heterocycles. The number of nitrogens with one attached hydrogen (secondary N) is 1. The Morgan fingerprint density at radius 2 is 1.75 bits per heavy atom. The minimum absolute atomic E-state index is 0.108. The lowest BCUT2D eigenvalue weighted by Crippen LogP contribution is -2.25. The fourth-order valence-corrected chi connectivity index (χ4v) is 2.33. The van der Waals surface area contributed by atoms with Crippen molar-refractivity contribution in [3.05, 3.63) is 53.1 Å². The number of hydrogen-bond acceptors (Lipinski definition) is 6. The van der Waals surface area contributed by atoms with Crippen molar-refractivity contribution >= 4 is 17.3 Å². The summed E-state index contributed by atoms with van der Waals surface area (Å²) in [6, 6.07) is 11.1. The van der Waals surface area contributed by atoms with Gasteiger partial charge in [0.1, 0.15) is 24.1 Å². The molecule has 2 rings (SSSR count). The Balaban J connectivity index is 2.26.